The lowest BCUT2D eigenvalue weighted by molar-refractivity contribution is 0.243. The number of pyridine rings is 1. The van der Waals surface area contributed by atoms with Gasteiger partial charge in [-0.2, -0.15) is 0 Å². The van der Waals surface area contributed by atoms with Gasteiger partial charge in [0.25, 0.3) is 0 Å². The molecule has 2 amide bonds. The van der Waals surface area contributed by atoms with Crippen molar-refractivity contribution in [3.63, 3.8) is 0 Å². The first-order chi connectivity index (χ1) is 12.5. The normalized spacial score (nSPS) is 12.2. The number of benzene rings is 2. The van der Waals surface area contributed by atoms with Gasteiger partial charge in [0.1, 0.15) is 5.82 Å². The number of hydrogen-bond acceptors (Lipinski definition) is 3. The van der Waals surface area contributed by atoms with E-state index in [0.717, 1.165) is 16.5 Å². The number of urea groups is 1. The molecule has 5 nitrogen and oxygen atoms in total. The average Bonchev–Trinajstić information content (AvgIpc) is 2.63. The molecule has 1 atom stereocenters. The monoisotopic (exact) mass is 352 g/mol. The largest absolute Gasteiger partial charge is 0.336 e. The summed E-state index contributed by atoms with van der Waals surface area (Å²) in [6.45, 7) is 0.392. The van der Waals surface area contributed by atoms with Crippen molar-refractivity contribution in [3.05, 3.63) is 72.2 Å². The Hall–Kier alpha value is -2.99. The van der Waals surface area contributed by atoms with Crippen molar-refractivity contribution in [2.45, 2.75) is 6.04 Å². The summed E-state index contributed by atoms with van der Waals surface area (Å²) in [5, 5.41) is 6.69. The third kappa shape index (κ3) is 4.15. The molecule has 0 fully saturated rings. The van der Waals surface area contributed by atoms with E-state index in [-0.39, 0.29) is 17.9 Å². The number of nitrogens with one attached hydrogen (secondary N) is 2. The van der Waals surface area contributed by atoms with Gasteiger partial charge >= 0.3 is 6.03 Å². The maximum Gasteiger partial charge on any atom is 0.319 e. The zero-order valence-corrected chi connectivity index (χ0v) is 14.7. The summed E-state index contributed by atoms with van der Waals surface area (Å²) < 4.78 is 13.1. The van der Waals surface area contributed by atoms with E-state index in [1.165, 1.54) is 12.1 Å². The fourth-order valence-corrected chi connectivity index (χ4v) is 2.84. The Morgan fingerprint density at radius 3 is 2.58 bits per heavy atom. The van der Waals surface area contributed by atoms with Crippen molar-refractivity contribution in [1.29, 1.82) is 0 Å². The molecule has 0 bridgehead atoms. The fourth-order valence-electron chi connectivity index (χ4n) is 2.84. The molecular weight excluding hydrogens is 331 g/mol. The van der Waals surface area contributed by atoms with Gasteiger partial charge in [0.05, 0.1) is 17.2 Å². The Balaban J connectivity index is 1.68. The summed E-state index contributed by atoms with van der Waals surface area (Å²) in [5.74, 6) is -0.277. The first-order valence-electron chi connectivity index (χ1n) is 8.35. The van der Waals surface area contributed by atoms with Gasteiger partial charge in [-0.25, -0.2) is 9.18 Å². The van der Waals surface area contributed by atoms with Gasteiger partial charge in [0.2, 0.25) is 0 Å². The number of fused-ring (bicyclic) bond motifs is 1. The molecular formula is C20H21FN4O. The van der Waals surface area contributed by atoms with E-state index >= 15 is 0 Å². The summed E-state index contributed by atoms with van der Waals surface area (Å²) in [5.41, 5.74) is 2.33. The molecule has 0 saturated carbocycles. The number of nitrogens with zero attached hydrogens (tertiary/aromatic N) is 2. The molecule has 1 aromatic heterocycles. The number of rotatable bonds is 5. The second-order valence-corrected chi connectivity index (χ2v) is 6.25. The van der Waals surface area contributed by atoms with Crippen LogP contribution in [0.5, 0.6) is 0 Å². The van der Waals surface area contributed by atoms with Crippen molar-refractivity contribution < 1.29 is 9.18 Å². The third-order valence-corrected chi connectivity index (χ3v) is 4.22. The van der Waals surface area contributed by atoms with Crippen LogP contribution in [-0.2, 0) is 0 Å². The van der Waals surface area contributed by atoms with Gasteiger partial charge in [-0.15, -0.1) is 0 Å². The number of para-hydroxylation sites is 1. The first-order valence-corrected chi connectivity index (χ1v) is 8.35. The fraction of sp³-hybridized carbons (Fsp3) is 0.200. The van der Waals surface area contributed by atoms with E-state index in [2.05, 4.69) is 15.6 Å². The smallest absolute Gasteiger partial charge is 0.319 e. The van der Waals surface area contributed by atoms with Gasteiger partial charge < -0.3 is 15.5 Å². The molecule has 1 heterocycles. The summed E-state index contributed by atoms with van der Waals surface area (Å²) in [6.07, 6.45) is 1.70. The van der Waals surface area contributed by atoms with Gasteiger partial charge in [0.15, 0.2) is 0 Å². The standard InChI is InChI=1S/C20H21FN4O/c1-25(2)18(14-8-10-16(21)11-9-14)13-23-20(26)24-17-7-3-5-15-6-4-12-22-19(15)17/h3-12,18H,13H2,1-2H3,(H2,23,24,26). The van der Waals surface area contributed by atoms with Gasteiger partial charge in [0, 0.05) is 18.1 Å². The molecule has 0 aliphatic heterocycles. The number of likely N-dealkylation sites (N-methyl/N-ethyl adjacent to an activating group) is 1. The highest BCUT2D eigenvalue weighted by molar-refractivity contribution is 5.99. The lowest BCUT2D eigenvalue weighted by Gasteiger charge is -2.25. The highest BCUT2D eigenvalue weighted by Crippen LogP contribution is 2.21. The van der Waals surface area contributed by atoms with Crippen molar-refractivity contribution in [2.24, 2.45) is 0 Å². The number of carbonyl (C=O) groups is 1. The van der Waals surface area contributed by atoms with Gasteiger partial charge in [-0.3, -0.25) is 4.98 Å². The van der Waals surface area contributed by atoms with E-state index < -0.39 is 0 Å². The SMILES string of the molecule is CN(C)C(CNC(=O)Nc1cccc2cccnc12)c1ccc(F)cc1. The minimum atomic E-state index is -0.308. The summed E-state index contributed by atoms with van der Waals surface area (Å²) in [7, 11) is 3.84. The van der Waals surface area contributed by atoms with E-state index in [1.807, 2.05) is 49.3 Å². The number of hydrogen-bond donors (Lipinski definition) is 2. The van der Waals surface area contributed by atoms with E-state index in [9.17, 15) is 9.18 Å². The number of carbonyl (C=O) groups excluding carboxylic acids is 1. The summed E-state index contributed by atoms with van der Waals surface area (Å²) >= 11 is 0. The lowest BCUT2D eigenvalue weighted by atomic mass is 10.1. The number of anilines is 1. The van der Waals surface area contributed by atoms with Crippen LogP contribution in [0, 0.1) is 5.82 Å². The Morgan fingerprint density at radius 1 is 1.12 bits per heavy atom. The Bertz CT molecular complexity index is 890. The highest BCUT2D eigenvalue weighted by atomic mass is 19.1. The van der Waals surface area contributed by atoms with Crippen LogP contribution in [-0.4, -0.2) is 36.6 Å². The molecule has 6 heteroatoms. The van der Waals surface area contributed by atoms with Crippen LogP contribution in [0.4, 0.5) is 14.9 Å². The molecule has 2 N–H and O–H groups in total. The maximum atomic E-state index is 13.1. The zero-order chi connectivity index (χ0) is 18.5. The highest BCUT2D eigenvalue weighted by Gasteiger charge is 2.16. The summed E-state index contributed by atoms with van der Waals surface area (Å²) in [4.78, 5) is 18.6. The third-order valence-electron chi connectivity index (χ3n) is 4.22. The topological polar surface area (TPSA) is 57.3 Å². The average molecular weight is 352 g/mol. The van der Waals surface area contributed by atoms with E-state index in [0.29, 0.717) is 12.2 Å². The Labute approximate surface area is 151 Å². The van der Waals surface area contributed by atoms with Crippen LogP contribution in [0.15, 0.2) is 60.8 Å². The molecule has 0 aliphatic carbocycles. The van der Waals surface area contributed by atoms with E-state index in [4.69, 9.17) is 0 Å². The second kappa shape index (κ2) is 7.93. The first kappa shape index (κ1) is 17.8. The molecule has 3 aromatic rings. The van der Waals surface area contributed by atoms with Crippen LogP contribution in [0.2, 0.25) is 0 Å². The number of aromatic nitrogens is 1. The van der Waals surface area contributed by atoms with Crippen LogP contribution in [0.3, 0.4) is 0 Å². The van der Waals surface area contributed by atoms with Crippen molar-refractivity contribution in [2.75, 3.05) is 26.0 Å². The molecule has 0 saturated heterocycles. The summed E-state index contributed by atoms with van der Waals surface area (Å²) in [6, 6.07) is 15.4. The van der Waals surface area contributed by atoms with Gasteiger partial charge in [-0.1, -0.05) is 30.3 Å². The predicted octanol–water partition coefficient (Wildman–Crippen LogP) is 3.80. The van der Waals surface area contributed by atoms with Crippen molar-refractivity contribution in [3.8, 4) is 0 Å². The zero-order valence-electron chi connectivity index (χ0n) is 14.7. The van der Waals surface area contributed by atoms with Crippen LogP contribution in [0.25, 0.3) is 10.9 Å². The van der Waals surface area contributed by atoms with Crippen LogP contribution < -0.4 is 10.6 Å². The maximum absolute atomic E-state index is 13.1. The molecule has 3 rings (SSSR count). The molecule has 0 spiro atoms. The van der Waals surface area contributed by atoms with Crippen LogP contribution >= 0.6 is 0 Å². The van der Waals surface area contributed by atoms with E-state index in [1.54, 1.807) is 18.3 Å². The molecule has 1 unspecified atom stereocenters. The number of amides is 2. The van der Waals surface area contributed by atoms with Gasteiger partial charge in [-0.05, 0) is 43.9 Å². The molecule has 134 valence electrons. The molecule has 0 aliphatic rings. The minimum absolute atomic E-state index is 0.0630. The van der Waals surface area contributed by atoms with Crippen LogP contribution in [0.1, 0.15) is 11.6 Å². The lowest BCUT2D eigenvalue weighted by Crippen LogP contribution is -2.36. The Morgan fingerprint density at radius 2 is 1.85 bits per heavy atom. The quantitative estimate of drug-likeness (QED) is 0.734. The molecule has 26 heavy (non-hydrogen) atoms. The molecule has 0 radical (unpaired) electrons. The van der Waals surface area contributed by atoms with Crippen molar-refractivity contribution in [1.82, 2.24) is 15.2 Å². The minimum Gasteiger partial charge on any atom is -0.336 e. The second-order valence-electron chi connectivity index (χ2n) is 6.25. The number of halogens is 1. The Kier molecular flexibility index (Phi) is 5.43. The van der Waals surface area contributed by atoms with Crippen molar-refractivity contribution >= 4 is 22.6 Å². The molecule has 2 aromatic carbocycles. The predicted molar refractivity (Wildman–Crippen MR) is 102 cm³/mol.